The summed E-state index contributed by atoms with van der Waals surface area (Å²) in [6.45, 7) is 4.08. The van der Waals surface area contributed by atoms with E-state index in [2.05, 4.69) is 22.2 Å². The van der Waals surface area contributed by atoms with Crippen LogP contribution in [0.25, 0.3) is 0 Å². The topological polar surface area (TPSA) is 56.3 Å². The summed E-state index contributed by atoms with van der Waals surface area (Å²) in [6, 6.07) is 2.10. The van der Waals surface area contributed by atoms with Gasteiger partial charge >= 0.3 is 0 Å². The van der Waals surface area contributed by atoms with E-state index < -0.39 is 0 Å². The minimum atomic E-state index is 0.360. The van der Waals surface area contributed by atoms with Crippen molar-refractivity contribution in [2.24, 2.45) is 5.92 Å². The zero-order valence-electron chi connectivity index (χ0n) is 10.6. The SMILES string of the molecule is COCc1nc(Cl)cc(NC2CCOCC2C)n1. The number of ether oxygens (including phenoxy) is 2. The van der Waals surface area contributed by atoms with Crippen LogP contribution >= 0.6 is 11.6 Å². The lowest BCUT2D eigenvalue weighted by Gasteiger charge is -2.30. The van der Waals surface area contributed by atoms with Gasteiger partial charge in [0, 0.05) is 25.8 Å². The molecular formula is C12H18ClN3O2. The summed E-state index contributed by atoms with van der Waals surface area (Å²) in [5, 5.41) is 3.83. The second kappa shape index (κ2) is 6.31. The standard InChI is InChI=1S/C12H18ClN3O2/c1-8-6-18-4-3-9(8)14-11-5-10(13)15-12(16-11)7-17-2/h5,8-9H,3-4,6-7H2,1-2H3,(H,14,15,16). The molecule has 1 aliphatic heterocycles. The van der Waals surface area contributed by atoms with Crippen LogP contribution in [0.4, 0.5) is 5.82 Å². The van der Waals surface area contributed by atoms with E-state index in [1.165, 1.54) is 0 Å². The number of nitrogens with zero attached hydrogens (tertiary/aromatic N) is 2. The fraction of sp³-hybridized carbons (Fsp3) is 0.667. The van der Waals surface area contributed by atoms with Gasteiger partial charge in [0.05, 0.1) is 6.61 Å². The number of hydrogen-bond acceptors (Lipinski definition) is 5. The Labute approximate surface area is 112 Å². The Morgan fingerprint density at radius 3 is 3.11 bits per heavy atom. The first-order valence-electron chi connectivity index (χ1n) is 6.05. The van der Waals surface area contributed by atoms with Crippen molar-refractivity contribution in [1.29, 1.82) is 0 Å². The Morgan fingerprint density at radius 2 is 2.39 bits per heavy atom. The first-order valence-corrected chi connectivity index (χ1v) is 6.43. The van der Waals surface area contributed by atoms with E-state index in [-0.39, 0.29) is 0 Å². The molecule has 0 bridgehead atoms. The molecule has 0 aliphatic carbocycles. The van der Waals surface area contributed by atoms with Gasteiger partial charge in [-0.25, -0.2) is 9.97 Å². The van der Waals surface area contributed by atoms with Gasteiger partial charge in [0.25, 0.3) is 0 Å². The van der Waals surface area contributed by atoms with Crippen LogP contribution in [-0.4, -0.2) is 36.3 Å². The number of nitrogens with one attached hydrogen (secondary N) is 1. The molecule has 1 saturated heterocycles. The van der Waals surface area contributed by atoms with Gasteiger partial charge in [0.2, 0.25) is 0 Å². The van der Waals surface area contributed by atoms with E-state index in [0.29, 0.717) is 29.5 Å². The maximum absolute atomic E-state index is 5.97. The Kier molecular flexibility index (Phi) is 4.74. The number of halogens is 1. The normalized spacial score (nSPS) is 23.9. The summed E-state index contributed by atoms with van der Waals surface area (Å²) in [5.41, 5.74) is 0. The lowest BCUT2D eigenvalue weighted by atomic mass is 9.98. The van der Waals surface area contributed by atoms with E-state index in [9.17, 15) is 0 Å². The van der Waals surface area contributed by atoms with E-state index in [0.717, 1.165) is 25.5 Å². The Hall–Kier alpha value is -0.910. The average molecular weight is 272 g/mol. The number of anilines is 1. The van der Waals surface area contributed by atoms with Crippen LogP contribution in [0, 0.1) is 5.92 Å². The van der Waals surface area contributed by atoms with E-state index in [4.69, 9.17) is 21.1 Å². The van der Waals surface area contributed by atoms with Crippen LogP contribution in [0.2, 0.25) is 5.15 Å². The molecule has 0 amide bonds. The Bertz CT molecular complexity index is 403. The smallest absolute Gasteiger partial charge is 0.158 e. The second-order valence-corrected chi connectivity index (χ2v) is 4.90. The van der Waals surface area contributed by atoms with Gasteiger partial charge in [0.15, 0.2) is 5.82 Å². The molecule has 2 unspecified atom stereocenters. The molecule has 2 rings (SSSR count). The highest BCUT2D eigenvalue weighted by Gasteiger charge is 2.22. The predicted octanol–water partition coefficient (Wildman–Crippen LogP) is 2.11. The molecule has 1 aliphatic rings. The molecular weight excluding hydrogens is 254 g/mol. The third-order valence-corrected chi connectivity index (χ3v) is 3.18. The van der Waals surface area contributed by atoms with Crippen LogP contribution in [0.3, 0.4) is 0 Å². The van der Waals surface area contributed by atoms with Gasteiger partial charge in [-0.2, -0.15) is 0 Å². The third-order valence-electron chi connectivity index (χ3n) is 2.99. The van der Waals surface area contributed by atoms with Crippen molar-refractivity contribution < 1.29 is 9.47 Å². The van der Waals surface area contributed by atoms with Crippen LogP contribution < -0.4 is 5.32 Å². The van der Waals surface area contributed by atoms with Crippen molar-refractivity contribution in [1.82, 2.24) is 9.97 Å². The lowest BCUT2D eigenvalue weighted by molar-refractivity contribution is 0.0537. The molecule has 1 N–H and O–H groups in total. The molecule has 0 spiro atoms. The van der Waals surface area contributed by atoms with Gasteiger partial charge in [-0.1, -0.05) is 18.5 Å². The number of aromatic nitrogens is 2. The van der Waals surface area contributed by atoms with Gasteiger partial charge in [0.1, 0.15) is 17.6 Å². The number of rotatable bonds is 4. The third kappa shape index (κ3) is 3.54. The molecule has 18 heavy (non-hydrogen) atoms. The van der Waals surface area contributed by atoms with Crippen LogP contribution in [0.5, 0.6) is 0 Å². The highest BCUT2D eigenvalue weighted by atomic mass is 35.5. The molecule has 2 atom stereocenters. The summed E-state index contributed by atoms with van der Waals surface area (Å²) >= 11 is 5.97. The predicted molar refractivity (Wildman–Crippen MR) is 69.8 cm³/mol. The summed E-state index contributed by atoms with van der Waals surface area (Å²) in [7, 11) is 1.61. The molecule has 0 radical (unpaired) electrons. The zero-order valence-corrected chi connectivity index (χ0v) is 11.4. The molecule has 6 heteroatoms. The molecule has 2 heterocycles. The van der Waals surface area contributed by atoms with Gasteiger partial charge < -0.3 is 14.8 Å². The van der Waals surface area contributed by atoms with Crippen molar-refractivity contribution >= 4 is 17.4 Å². The summed E-state index contributed by atoms with van der Waals surface area (Å²) in [4.78, 5) is 8.48. The Balaban J connectivity index is 2.07. The van der Waals surface area contributed by atoms with Crippen molar-refractivity contribution in [2.75, 3.05) is 25.6 Å². The molecule has 1 aromatic heterocycles. The van der Waals surface area contributed by atoms with Crippen molar-refractivity contribution in [3.05, 3.63) is 17.0 Å². The summed E-state index contributed by atoms with van der Waals surface area (Å²) in [5.74, 6) is 1.80. The maximum Gasteiger partial charge on any atom is 0.158 e. The average Bonchev–Trinajstić information content (AvgIpc) is 2.32. The zero-order chi connectivity index (χ0) is 13.0. The lowest BCUT2D eigenvalue weighted by Crippen LogP contribution is -2.36. The minimum Gasteiger partial charge on any atom is -0.381 e. The summed E-state index contributed by atoms with van der Waals surface area (Å²) < 4.78 is 10.4. The maximum atomic E-state index is 5.97. The van der Waals surface area contributed by atoms with E-state index >= 15 is 0 Å². The number of methoxy groups -OCH3 is 1. The Morgan fingerprint density at radius 1 is 1.56 bits per heavy atom. The van der Waals surface area contributed by atoms with Crippen LogP contribution in [0.1, 0.15) is 19.2 Å². The van der Waals surface area contributed by atoms with Crippen LogP contribution in [0.15, 0.2) is 6.07 Å². The van der Waals surface area contributed by atoms with Gasteiger partial charge in [-0.15, -0.1) is 0 Å². The van der Waals surface area contributed by atoms with Gasteiger partial charge in [-0.3, -0.25) is 0 Å². The second-order valence-electron chi connectivity index (χ2n) is 4.52. The molecule has 100 valence electrons. The van der Waals surface area contributed by atoms with Crippen molar-refractivity contribution in [2.45, 2.75) is 26.0 Å². The molecule has 1 fully saturated rings. The molecule has 1 aromatic rings. The first-order chi connectivity index (χ1) is 8.69. The number of hydrogen-bond donors (Lipinski definition) is 1. The molecule has 0 saturated carbocycles. The largest absolute Gasteiger partial charge is 0.381 e. The monoisotopic (exact) mass is 271 g/mol. The van der Waals surface area contributed by atoms with Crippen molar-refractivity contribution in [3.8, 4) is 0 Å². The van der Waals surface area contributed by atoms with E-state index in [1.807, 2.05) is 0 Å². The highest BCUT2D eigenvalue weighted by molar-refractivity contribution is 6.29. The fourth-order valence-corrected chi connectivity index (χ4v) is 2.22. The van der Waals surface area contributed by atoms with Gasteiger partial charge in [-0.05, 0) is 12.3 Å². The van der Waals surface area contributed by atoms with E-state index in [1.54, 1.807) is 13.2 Å². The fourth-order valence-electron chi connectivity index (χ4n) is 2.02. The molecule has 0 aromatic carbocycles. The van der Waals surface area contributed by atoms with Crippen LogP contribution in [-0.2, 0) is 16.1 Å². The quantitative estimate of drug-likeness (QED) is 0.850. The molecule has 5 nitrogen and oxygen atoms in total. The summed E-state index contributed by atoms with van der Waals surface area (Å²) in [6.07, 6.45) is 0.975. The minimum absolute atomic E-state index is 0.360. The van der Waals surface area contributed by atoms with Crippen molar-refractivity contribution in [3.63, 3.8) is 0 Å². The highest BCUT2D eigenvalue weighted by Crippen LogP contribution is 2.20. The first kappa shape index (κ1) is 13.5.